The van der Waals surface area contributed by atoms with Crippen LogP contribution < -0.4 is 14.9 Å². The molecule has 1 atom stereocenters. The number of carboxylic acids is 1. The smallest absolute Gasteiger partial charge is 0.118 e. The number of rotatable bonds is 5. The minimum Gasteiger partial charge on any atom is -0.545 e. The van der Waals surface area contributed by atoms with Crippen molar-refractivity contribution in [3.8, 4) is 5.75 Å². The molecule has 29 heavy (non-hydrogen) atoms. The SMILES string of the molecule is COc1ccc([C@H]2CC(c3ccccc3)=NN2c2ccc(Cl)c(C(=O)[O-])c2)cc1. The van der Waals surface area contributed by atoms with Crippen LogP contribution in [0.15, 0.2) is 77.9 Å². The van der Waals surface area contributed by atoms with Crippen LogP contribution in [0.3, 0.4) is 0 Å². The van der Waals surface area contributed by atoms with E-state index in [1.54, 1.807) is 19.2 Å². The zero-order chi connectivity index (χ0) is 20.4. The molecule has 0 amide bonds. The Morgan fingerprint density at radius 2 is 1.83 bits per heavy atom. The molecule has 5 nitrogen and oxygen atoms in total. The number of hydrogen-bond acceptors (Lipinski definition) is 5. The third kappa shape index (κ3) is 3.82. The Hall–Kier alpha value is -3.31. The van der Waals surface area contributed by atoms with E-state index in [0.29, 0.717) is 12.1 Å². The second-order valence-corrected chi connectivity index (χ2v) is 7.11. The van der Waals surface area contributed by atoms with E-state index in [1.807, 2.05) is 59.6 Å². The zero-order valence-electron chi connectivity index (χ0n) is 15.7. The van der Waals surface area contributed by atoms with Gasteiger partial charge in [-0.05, 0) is 41.5 Å². The predicted molar refractivity (Wildman–Crippen MR) is 112 cm³/mol. The number of hydrogen-bond donors (Lipinski definition) is 0. The second-order valence-electron chi connectivity index (χ2n) is 6.70. The van der Waals surface area contributed by atoms with Gasteiger partial charge in [-0.2, -0.15) is 5.10 Å². The average molecular weight is 406 g/mol. The number of carbonyl (C=O) groups excluding carboxylic acids is 1. The van der Waals surface area contributed by atoms with Gasteiger partial charge in [-0.25, -0.2) is 0 Å². The van der Waals surface area contributed by atoms with Gasteiger partial charge in [0.25, 0.3) is 0 Å². The molecule has 1 heterocycles. The van der Waals surface area contributed by atoms with Crippen molar-refractivity contribution >= 4 is 29.0 Å². The Kier molecular flexibility index (Phi) is 5.23. The van der Waals surface area contributed by atoms with Crippen molar-refractivity contribution < 1.29 is 14.6 Å². The molecule has 0 saturated heterocycles. The molecule has 146 valence electrons. The van der Waals surface area contributed by atoms with Gasteiger partial charge in [0.05, 0.1) is 30.5 Å². The van der Waals surface area contributed by atoms with Crippen LogP contribution in [0.25, 0.3) is 0 Å². The first-order valence-electron chi connectivity index (χ1n) is 9.14. The quantitative estimate of drug-likeness (QED) is 0.641. The zero-order valence-corrected chi connectivity index (χ0v) is 16.5. The third-order valence-electron chi connectivity index (χ3n) is 4.95. The van der Waals surface area contributed by atoms with Crippen LogP contribution in [-0.2, 0) is 0 Å². The summed E-state index contributed by atoms with van der Waals surface area (Å²) < 4.78 is 5.26. The number of halogens is 1. The van der Waals surface area contributed by atoms with E-state index < -0.39 is 5.97 Å². The number of nitrogens with zero attached hydrogens (tertiary/aromatic N) is 2. The van der Waals surface area contributed by atoms with Gasteiger partial charge in [0.1, 0.15) is 5.75 Å². The van der Waals surface area contributed by atoms with Crippen LogP contribution >= 0.6 is 11.6 Å². The number of benzene rings is 3. The summed E-state index contributed by atoms with van der Waals surface area (Å²) in [6, 6.07) is 22.5. The van der Waals surface area contributed by atoms with Crippen LogP contribution in [0.2, 0.25) is 5.02 Å². The minimum atomic E-state index is -1.32. The van der Waals surface area contributed by atoms with Crippen molar-refractivity contribution in [2.24, 2.45) is 5.10 Å². The summed E-state index contributed by atoms with van der Waals surface area (Å²) in [4.78, 5) is 11.4. The number of anilines is 1. The normalized spacial score (nSPS) is 15.9. The molecule has 3 aromatic rings. The van der Waals surface area contributed by atoms with Crippen molar-refractivity contribution in [3.05, 3.63) is 94.5 Å². The van der Waals surface area contributed by atoms with Crippen molar-refractivity contribution in [3.63, 3.8) is 0 Å². The van der Waals surface area contributed by atoms with Gasteiger partial charge in [0.15, 0.2) is 0 Å². The highest BCUT2D eigenvalue weighted by molar-refractivity contribution is 6.33. The van der Waals surface area contributed by atoms with E-state index in [9.17, 15) is 9.90 Å². The highest BCUT2D eigenvalue weighted by Gasteiger charge is 2.30. The summed E-state index contributed by atoms with van der Waals surface area (Å²) in [7, 11) is 1.63. The molecule has 0 unspecified atom stereocenters. The summed E-state index contributed by atoms with van der Waals surface area (Å²) in [6.45, 7) is 0. The van der Waals surface area contributed by atoms with E-state index in [0.717, 1.165) is 22.6 Å². The second kappa shape index (κ2) is 7.97. The van der Waals surface area contributed by atoms with Gasteiger partial charge in [-0.15, -0.1) is 0 Å². The molecule has 3 aromatic carbocycles. The van der Waals surface area contributed by atoms with Crippen LogP contribution in [0.5, 0.6) is 5.75 Å². The molecule has 0 saturated carbocycles. The molecule has 0 N–H and O–H groups in total. The highest BCUT2D eigenvalue weighted by atomic mass is 35.5. The Labute approximate surface area is 173 Å². The molecular weight excluding hydrogens is 388 g/mol. The Morgan fingerprint density at radius 1 is 1.10 bits per heavy atom. The number of ether oxygens (including phenoxy) is 1. The lowest BCUT2D eigenvalue weighted by atomic mass is 9.98. The Balaban J connectivity index is 1.77. The molecule has 1 aliphatic rings. The fourth-order valence-corrected chi connectivity index (χ4v) is 3.65. The van der Waals surface area contributed by atoms with Crippen LogP contribution in [0.1, 0.15) is 33.9 Å². The summed E-state index contributed by atoms with van der Waals surface area (Å²) in [5.74, 6) is -0.544. The maximum atomic E-state index is 11.4. The highest BCUT2D eigenvalue weighted by Crippen LogP contribution is 2.38. The predicted octanol–water partition coefficient (Wildman–Crippen LogP) is 4.07. The maximum Gasteiger partial charge on any atom is 0.118 e. The Morgan fingerprint density at radius 3 is 2.48 bits per heavy atom. The molecule has 0 radical (unpaired) electrons. The standard InChI is InChI=1S/C23H19ClN2O3/c1-29-18-10-7-16(8-11-18)22-14-21(15-5-3-2-4-6-15)25-26(22)17-9-12-20(24)19(13-17)23(27)28/h2-13,22H,14H2,1H3,(H,27,28)/p-1/t22-/m1/s1. The van der Waals surface area contributed by atoms with Gasteiger partial charge < -0.3 is 14.6 Å². The molecular formula is C23H18ClN2O3-. The first-order chi connectivity index (χ1) is 14.1. The first-order valence-corrected chi connectivity index (χ1v) is 9.51. The molecule has 0 bridgehead atoms. The van der Waals surface area contributed by atoms with E-state index in [-0.39, 0.29) is 16.6 Å². The minimum absolute atomic E-state index is 0.0546. The number of hydrazone groups is 1. The summed E-state index contributed by atoms with van der Waals surface area (Å²) in [6.07, 6.45) is 0.680. The summed E-state index contributed by atoms with van der Waals surface area (Å²) >= 11 is 6.02. The van der Waals surface area contributed by atoms with Crippen molar-refractivity contribution in [1.82, 2.24) is 0 Å². The van der Waals surface area contributed by atoms with Crippen LogP contribution in [0, 0.1) is 0 Å². The van der Waals surface area contributed by atoms with Crippen LogP contribution in [-0.4, -0.2) is 18.8 Å². The molecule has 4 rings (SSSR count). The van der Waals surface area contributed by atoms with Gasteiger partial charge in [-0.1, -0.05) is 54.1 Å². The maximum absolute atomic E-state index is 11.4. The van der Waals surface area contributed by atoms with Gasteiger partial charge in [0.2, 0.25) is 0 Å². The van der Waals surface area contributed by atoms with E-state index in [2.05, 4.69) is 0 Å². The molecule has 6 heteroatoms. The third-order valence-corrected chi connectivity index (χ3v) is 5.28. The molecule has 0 spiro atoms. The fourth-order valence-electron chi connectivity index (χ4n) is 3.45. The lowest BCUT2D eigenvalue weighted by molar-refractivity contribution is -0.255. The van der Waals surface area contributed by atoms with E-state index in [1.165, 1.54) is 6.07 Å². The number of carboxylic acid groups (broad SMARTS) is 1. The van der Waals surface area contributed by atoms with Crippen molar-refractivity contribution in [1.29, 1.82) is 0 Å². The molecule has 0 aromatic heterocycles. The van der Waals surface area contributed by atoms with E-state index in [4.69, 9.17) is 21.4 Å². The lowest BCUT2D eigenvalue weighted by Crippen LogP contribution is -2.24. The Bertz CT molecular complexity index is 1070. The summed E-state index contributed by atoms with van der Waals surface area (Å²) in [5.41, 5.74) is 3.59. The topological polar surface area (TPSA) is 65.0 Å². The summed E-state index contributed by atoms with van der Waals surface area (Å²) in [5, 5.41) is 18.2. The van der Waals surface area contributed by atoms with Gasteiger partial charge >= 0.3 is 0 Å². The largest absolute Gasteiger partial charge is 0.545 e. The number of aromatic carboxylic acids is 1. The number of carbonyl (C=O) groups is 1. The average Bonchev–Trinajstić information content (AvgIpc) is 3.20. The van der Waals surface area contributed by atoms with Gasteiger partial charge in [0, 0.05) is 17.0 Å². The lowest BCUT2D eigenvalue weighted by Gasteiger charge is -2.25. The first kappa shape index (κ1) is 19.0. The fraction of sp³-hybridized carbons (Fsp3) is 0.130. The number of methoxy groups -OCH3 is 1. The molecule has 0 aliphatic carbocycles. The monoisotopic (exact) mass is 405 g/mol. The van der Waals surface area contributed by atoms with Crippen LogP contribution in [0.4, 0.5) is 5.69 Å². The molecule has 0 fully saturated rings. The van der Waals surface area contributed by atoms with Crippen molar-refractivity contribution in [2.75, 3.05) is 12.1 Å². The van der Waals surface area contributed by atoms with Gasteiger partial charge in [-0.3, -0.25) is 5.01 Å². The molecule has 1 aliphatic heterocycles. The van der Waals surface area contributed by atoms with Crippen molar-refractivity contribution in [2.45, 2.75) is 12.5 Å². The van der Waals surface area contributed by atoms with E-state index >= 15 is 0 Å².